The number of hydrogen-bond donors (Lipinski definition) is 4. The first-order valence-corrected chi connectivity index (χ1v) is 8.91. The van der Waals surface area contributed by atoms with E-state index in [-0.39, 0.29) is 23.6 Å². The summed E-state index contributed by atoms with van der Waals surface area (Å²) < 4.78 is 0. The third-order valence-electron chi connectivity index (χ3n) is 4.89. The minimum absolute atomic E-state index is 0.0347. The highest BCUT2D eigenvalue weighted by Gasteiger charge is 2.61. The number of fused-ring (bicyclic) bond motifs is 1. The molecule has 0 unspecified atom stereocenters. The number of amides is 1. The van der Waals surface area contributed by atoms with Crippen LogP contribution in [0.2, 0.25) is 0 Å². The molecule has 3 heterocycles. The molecule has 128 valence electrons. The van der Waals surface area contributed by atoms with Gasteiger partial charge in [0.25, 0.3) is 0 Å². The van der Waals surface area contributed by atoms with Crippen molar-refractivity contribution in [2.75, 3.05) is 19.6 Å². The van der Waals surface area contributed by atoms with E-state index >= 15 is 0 Å². The van der Waals surface area contributed by atoms with Crippen LogP contribution in [-0.4, -0.2) is 64.0 Å². The summed E-state index contributed by atoms with van der Waals surface area (Å²) in [6.07, 6.45) is 0.747. The Balaban J connectivity index is 1.92. The van der Waals surface area contributed by atoms with E-state index in [9.17, 15) is 19.8 Å². The topological polar surface area (TPSA) is 116 Å². The second kappa shape index (κ2) is 6.43. The molecule has 23 heavy (non-hydrogen) atoms. The minimum atomic E-state index is -1.06. The van der Waals surface area contributed by atoms with Crippen molar-refractivity contribution < 1.29 is 19.8 Å². The Morgan fingerprint density at radius 1 is 1.52 bits per heavy atom. The zero-order valence-corrected chi connectivity index (χ0v) is 13.9. The fraction of sp³-hybridized carbons (Fsp3) is 0.733. The van der Waals surface area contributed by atoms with E-state index in [0.717, 1.165) is 30.8 Å². The van der Waals surface area contributed by atoms with E-state index in [0.29, 0.717) is 11.8 Å². The van der Waals surface area contributed by atoms with E-state index in [2.05, 4.69) is 5.32 Å². The molecule has 1 amide bonds. The van der Waals surface area contributed by atoms with Gasteiger partial charge in [0.2, 0.25) is 5.91 Å². The van der Waals surface area contributed by atoms with Gasteiger partial charge in [-0.15, -0.1) is 11.8 Å². The highest BCUT2D eigenvalue weighted by molar-refractivity contribution is 8.03. The summed E-state index contributed by atoms with van der Waals surface area (Å²) in [7, 11) is 0. The van der Waals surface area contributed by atoms with Gasteiger partial charge in [-0.05, 0) is 26.3 Å². The van der Waals surface area contributed by atoms with E-state index in [1.807, 2.05) is 0 Å². The SMILES string of the molecule is C[C@@H](O)[C@H]1C(=O)N2C(C(=O)O)=C(SC3CNC3)[C@H](CCCN)[C@H]12. The Morgan fingerprint density at radius 2 is 2.22 bits per heavy atom. The minimum Gasteiger partial charge on any atom is -0.477 e. The Morgan fingerprint density at radius 3 is 2.70 bits per heavy atom. The van der Waals surface area contributed by atoms with Crippen LogP contribution in [0.4, 0.5) is 0 Å². The number of carboxylic acid groups (broad SMARTS) is 1. The quantitative estimate of drug-likeness (QED) is 0.464. The van der Waals surface area contributed by atoms with Crippen molar-refractivity contribution in [1.82, 2.24) is 10.2 Å². The molecule has 4 atom stereocenters. The number of carbonyl (C=O) groups is 2. The maximum Gasteiger partial charge on any atom is 0.353 e. The van der Waals surface area contributed by atoms with Gasteiger partial charge >= 0.3 is 5.97 Å². The average Bonchev–Trinajstić information content (AvgIpc) is 2.70. The van der Waals surface area contributed by atoms with Gasteiger partial charge in [-0.25, -0.2) is 4.79 Å². The van der Waals surface area contributed by atoms with Crippen LogP contribution >= 0.6 is 11.8 Å². The zero-order chi connectivity index (χ0) is 16.7. The summed E-state index contributed by atoms with van der Waals surface area (Å²) in [6, 6.07) is -0.240. The van der Waals surface area contributed by atoms with Gasteiger partial charge in [-0.2, -0.15) is 0 Å². The van der Waals surface area contributed by atoms with Crippen molar-refractivity contribution in [3.8, 4) is 0 Å². The molecule has 5 N–H and O–H groups in total. The summed E-state index contributed by atoms with van der Waals surface area (Å²) in [5.74, 6) is -1.88. The highest BCUT2D eigenvalue weighted by Crippen LogP contribution is 2.53. The summed E-state index contributed by atoms with van der Waals surface area (Å²) >= 11 is 1.57. The molecular formula is C15H23N3O4S. The number of aliphatic hydroxyl groups excluding tert-OH is 1. The molecule has 0 aromatic carbocycles. The fourth-order valence-electron chi connectivity index (χ4n) is 3.68. The molecule has 3 rings (SSSR count). The lowest BCUT2D eigenvalue weighted by atomic mass is 9.77. The first-order valence-electron chi connectivity index (χ1n) is 8.03. The van der Waals surface area contributed by atoms with E-state index in [1.54, 1.807) is 18.7 Å². The number of nitrogens with two attached hydrogens (primary N) is 1. The number of β-lactam (4-membered cyclic amide) rings is 1. The molecule has 8 heteroatoms. The standard InChI is InChI=1S/C15H23N3O4S/c1-7(19)10-11-9(3-2-4-16)13(23-8-5-17-6-8)12(15(21)22)18(11)14(10)20/h7-11,17,19H,2-6,16H2,1H3,(H,21,22)/t7-,9-,10-,11-/m1/s1. The van der Waals surface area contributed by atoms with Gasteiger partial charge in [0.15, 0.2) is 0 Å². The van der Waals surface area contributed by atoms with E-state index in [1.165, 1.54) is 4.90 Å². The van der Waals surface area contributed by atoms with Crippen molar-refractivity contribution in [3.05, 3.63) is 10.6 Å². The molecule has 2 saturated heterocycles. The van der Waals surface area contributed by atoms with Gasteiger partial charge in [0.1, 0.15) is 5.70 Å². The number of nitrogens with zero attached hydrogens (tertiary/aromatic N) is 1. The molecule has 0 spiro atoms. The Bertz CT molecular complexity index is 547. The predicted octanol–water partition coefficient (Wildman–Crippen LogP) is -0.436. The zero-order valence-electron chi connectivity index (χ0n) is 13.1. The van der Waals surface area contributed by atoms with Crippen LogP contribution in [0, 0.1) is 11.8 Å². The van der Waals surface area contributed by atoms with Crippen molar-refractivity contribution in [3.63, 3.8) is 0 Å². The maximum atomic E-state index is 12.4. The first-order chi connectivity index (χ1) is 11.0. The van der Waals surface area contributed by atoms with Crippen LogP contribution in [0.25, 0.3) is 0 Å². The smallest absolute Gasteiger partial charge is 0.353 e. The molecule has 2 fully saturated rings. The van der Waals surface area contributed by atoms with Gasteiger partial charge in [-0.3, -0.25) is 4.79 Å². The average molecular weight is 341 g/mol. The van der Waals surface area contributed by atoms with Crippen molar-refractivity contribution in [1.29, 1.82) is 0 Å². The molecule has 7 nitrogen and oxygen atoms in total. The fourth-order valence-corrected chi connectivity index (χ4v) is 5.17. The van der Waals surface area contributed by atoms with Crippen molar-refractivity contribution in [2.45, 2.75) is 37.2 Å². The number of thioether (sulfide) groups is 1. The molecule has 0 aliphatic carbocycles. The lowest BCUT2D eigenvalue weighted by Gasteiger charge is -2.47. The lowest BCUT2D eigenvalue weighted by molar-refractivity contribution is -0.163. The number of aliphatic hydroxyl groups is 1. The number of aliphatic carboxylic acids is 1. The van der Waals surface area contributed by atoms with Gasteiger partial charge < -0.3 is 26.2 Å². The van der Waals surface area contributed by atoms with Crippen LogP contribution in [-0.2, 0) is 9.59 Å². The largest absolute Gasteiger partial charge is 0.477 e. The Labute approximate surface area is 139 Å². The highest BCUT2D eigenvalue weighted by atomic mass is 32.2. The first kappa shape index (κ1) is 16.8. The molecule has 3 aliphatic heterocycles. The van der Waals surface area contributed by atoms with Crippen molar-refractivity contribution >= 4 is 23.6 Å². The third kappa shape index (κ3) is 2.67. The summed E-state index contributed by atoms with van der Waals surface area (Å²) in [4.78, 5) is 26.3. The van der Waals surface area contributed by atoms with Crippen LogP contribution in [0.15, 0.2) is 10.6 Å². The summed E-state index contributed by atoms with van der Waals surface area (Å²) in [6.45, 7) is 3.83. The third-order valence-corrected chi connectivity index (χ3v) is 6.31. The Hall–Kier alpha value is -1.09. The normalized spacial score (nSPS) is 31.7. The molecule has 0 saturated carbocycles. The molecule has 0 aromatic heterocycles. The van der Waals surface area contributed by atoms with Crippen LogP contribution in [0.5, 0.6) is 0 Å². The second-order valence-corrected chi connectivity index (χ2v) is 7.76. The number of carbonyl (C=O) groups excluding carboxylic acids is 1. The Kier molecular flexibility index (Phi) is 4.68. The molecule has 0 radical (unpaired) electrons. The number of nitrogens with one attached hydrogen (secondary N) is 1. The summed E-state index contributed by atoms with van der Waals surface area (Å²) in [5.41, 5.74) is 5.75. The van der Waals surface area contributed by atoms with Crippen LogP contribution in [0.3, 0.4) is 0 Å². The van der Waals surface area contributed by atoms with Crippen molar-refractivity contribution in [2.24, 2.45) is 17.6 Å². The predicted molar refractivity (Wildman–Crippen MR) is 86.5 cm³/mol. The van der Waals surface area contributed by atoms with Gasteiger partial charge in [-0.1, -0.05) is 0 Å². The molecule has 3 aliphatic rings. The monoisotopic (exact) mass is 341 g/mol. The number of rotatable bonds is 7. The van der Waals surface area contributed by atoms with Crippen LogP contribution < -0.4 is 11.1 Å². The molecule has 0 aromatic rings. The second-order valence-electron chi connectivity index (χ2n) is 6.42. The van der Waals surface area contributed by atoms with Crippen LogP contribution in [0.1, 0.15) is 19.8 Å². The summed E-state index contributed by atoms with van der Waals surface area (Å²) in [5, 5.41) is 23.1. The van der Waals surface area contributed by atoms with Gasteiger partial charge in [0.05, 0.1) is 18.1 Å². The number of carboxylic acids is 1. The van der Waals surface area contributed by atoms with Gasteiger partial charge in [0, 0.05) is 29.2 Å². The lowest BCUT2D eigenvalue weighted by Crippen LogP contribution is -2.63. The maximum absolute atomic E-state index is 12.4. The van der Waals surface area contributed by atoms with E-state index in [4.69, 9.17) is 5.73 Å². The number of hydrogen-bond acceptors (Lipinski definition) is 6. The molecular weight excluding hydrogens is 318 g/mol. The molecule has 0 bridgehead atoms. The van der Waals surface area contributed by atoms with E-state index < -0.39 is 18.0 Å².